The lowest BCUT2D eigenvalue weighted by molar-refractivity contribution is -0.129. The van der Waals surface area contributed by atoms with Crippen LogP contribution >= 0.6 is 11.3 Å². The second-order valence-electron chi connectivity index (χ2n) is 11.5. The molecular weight excluding hydrogens is 615 g/mol. The molecule has 0 fully saturated rings. The first kappa shape index (κ1) is 33.8. The van der Waals surface area contributed by atoms with Gasteiger partial charge in [-0.15, -0.1) is 11.3 Å². The lowest BCUT2D eigenvalue weighted by atomic mass is 10.0. The topological polar surface area (TPSA) is 163 Å². The van der Waals surface area contributed by atoms with Crippen LogP contribution < -0.4 is 21.3 Å². The van der Waals surface area contributed by atoms with Crippen molar-refractivity contribution >= 4 is 44.8 Å². The molecule has 4 N–H and O–H groups in total. The van der Waals surface area contributed by atoms with Crippen LogP contribution in [0.15, 0.2) is 64.9 Å². The van der Waals surface area contributed by atoms with Crippen molar-refractivity contribution in [1.82, 2.24) is 26.3 Å². The van der Waals surface area contributed by atoms with E-state index < -0.39 is 33.9 Å². The first-order chi connectivity index (χ1) is 21.4. The minimum Gasteiger partial charge on any atom is -0.354 e. The number of benzene rings is 2. The molecular formula is C32H39N5O6S2. The summed E-state index contributed by atoms with van der Waals surface area (Å²) >= 11 is 1.24. The number of amides is 4. The van der Waals surface area contributed by atoms with Crippen molar-refractivity contribution in [2.24, 2.45) is 5.92 Å². The van der Waals surface area contributed by atoms with Gasteiger partial charge in [-0.25, -0.2) is 13.4 Å². The number of sulfone groups is 1. The highest BCUT2D eigenvalue weighted by atomic mass is 32.2. The number of aromatic nitrogens is 1. The molecule has 1 aliphatic heterocycles. The largest absolute Gasteiger partial charge is 0.354 e. The van der Waals surface area contributed by atoms with Crippen molar-refractivity contribution in [3.8, 4) is 0 Å². The van der Waals surface area contributed by atoms with Crippen LogP contribution in [0.3, 0.4) is 0 Å². The van der Waals surface area contributed by atoms with E-state index in [-0.39, 0.29) is 40.6 Å². The summed E-state index contributed by atoms with van der Waals surface area (Å²) in [5.41, 5.74) is 1.66. The number of fused-ring (bicyclic) bond motifs is 2. The standard InChI is InChI=1S/C32H39N5O6S2/c1-20(2)28-32-36-26(19-44-32)31(41)35-25(17-21-9-5-4-6-10-21)29(39)33-16-8-7-11-24(30(40)37-28)34-27(38)18-22-12-14-23(15-13-22)45(3,42)43/h4-6,9-10,12-15,19-20,24-25,28H,7-8,11,16-18H2,1-3H3,(H,33,39)(H,34,38)(H,35,41)(H,37,40)/t24-,25+,28+/m0/s1. The molecule has 4 rings (SSSR count). The van der Waals surface area contributed by atoms with Gasteiger partial charge in [-0.05, 0) is 48.4 Å². The number of nitrogens with one attached hydrogen (secondary N) is 4. The van der Waals surface area contributed by atoms with E-state index in [0.29, 0.717) is 42.8 Å². The zero-order valence-corrected chi connectivity index (χ0v) is 27.2. The second kappa shape index (κ2) is 15.3. The van der Waals surface area contributed by atoms with Gasteiger partial charge < -0.3 is 21.3 Å². The van der Waals surface area contributed by atoms with Crippen molar-refractivity contribution in [2.75, 3.05) is 12.8 Å². The van der Waals surface area contributed by atoms with Crippen LogP contribution in [0.4, 0.5) is 0 Å². The number of hydrogen-bond donors (Lipinski definition) is 4. The summed E-state index contributed by atoms with van der Waals surface area (Å²) in [5.74, 6) is -1.64. The fourth-order valence-corrected chi connectivity index (χ4v) is 6.61. The van der Waals surface area contributed by atoms with Crippen LogP contribution in [0.1, 0.15) is 65.8 Å². The maximum absolute atomic E-state index is 13.6. The first-order valence-electron chi connectivity index (χ1n) is 14.9. The highest BCUT2D eigenvalue weighted by Gasteiger charge is 2.29. The Morgan fingerprint density at radius 1 is 0.978 bits per heavy atom. The van der Waals surface area contributed by atoms with Crippen LogP contribution in [-0.4, -0.2) is 61.9 Å². The van der Waals surface area contributed by atoms with E-state index in [1.165, 1.54) is 23.5 Å². The summed E-state index contributed by atoms with van der Waals surface area (Å²) in [5, 5.41) is 13.7. The third-order valence-corrected chi connectivity index (χ3v) is 9.53. The van der Waals surface area contributed by atoms with Gasteiger partial charge >= 0.3 is 0 Å². The Bertz CT molecular complexity index is 1610. The van der Waals surface area contributed by atoms with Gasteiger partial charge in [-0.3, -0.25) is 19.2 Å². The van der Waals surface area contributed by atoms with Gasteiger partial charge in [0.25, 0.3) is 5.91 Å². The summed E-state index contributed by atoms with van der Waals surface area (Å²) in [4.78, 5) is 57.6. The number of hydrogen-bond acceptors (Lipinski definition) is 8. The number of nitrogens with zero attached hydrogens (tertiary/aromatic N) is 1. The molecule has 4 amide bonds. The smallest absolute Gasteiger partial charge is 0.271 e. The van der Waals surface area contributed by atoms with Crippen LogP contribution in [0, 0.1) is 5.92 Å². The molecule has 45 heavy (non-hydrogen) atoms. The average Bonchev–Trinajstić information content (AvgIpc) is 3.48. The van der Waals surface area contributed by atoms with E-state index in [4.69, 9.17) is 0 Å². The average molecular weight is 654 g/mol. The van der Waals surface area contributed by atoms with Gasteiger partial charge in [0.05, 0.1) is 17.4 Å². The summed E-state index contributed by atoms with van der Waals surface area (Å²) in [6.45, 7) is 4.18. The number of thiazole rings is 1. The molecule has 0 unspecified atom stereocenters. The van der Waals surface area contributed by atoms with Gasteiger partial charge in [-0.1, -0.05) is 56.3 Å². The molecule has 3 aromatic rings. The zero-order chi connectivity index (χ0) is 32.6. The Labute approximate surface area is 267 Å². The molecule has 240 valence electrons. The van der Waals surface area contributed by atoms with Crippen LogP contribution in [-0.2, 0) is 37.1 Å². The number of carbonyl (C=O) groups excluding carboxylic acids is 4. The van der Waals surface area contributed by atoms with Gasteiger partial charge in [0.15, 0.2) is 9.84 Å². The van der Waals surface area contributed by atoms with Gasteiger partial charge in [0, 0.05) is 24.6 Å². The third kappa shape index (κ3) is 9.69. The molecule has 0 aliphatic carbocycles. The minimum atomic E-state index is -3.36. The molecule has 3 atom stereocenters. The number of rotatable bonds is 7. The molecule has 0 saturated carbocycles. The Morgan fingerprint density at radius 2 is 1.69 bits per heavy atom. The fourth-order valence-electron chi connectivity index (χ4n) is 4.96. The molecule has 2 aromatic carbocycles. The Balaban J connectivity index is 1.52. The quantitative estimate of drug-likeness (QED) is 0.305. The summed E-state index contributed by atoms with van der Waals surface area (Å²) < 4.78 is 23.5. The summed E-state index contributed by atoms with van der Waals surface area (Å²) in [6, 6.07) is 13.3. The van der Waals surface area contributed by atoms with Crippen LogP contribution in [0.2, 0.25) is 0 Å². The highest BCUT2D eigenvalue weighted by molar-refractivity contribution is 7.90. The minimum absolute atomic E-state index is 0.0365. The zero-order valence-electron chi connectivity index (χ0n) is 25.5. The second-order valence-corrected chi connectivity index (χ2v) is 14.4. The fraction of sp³-hybridized carbons (Fsp3) is 0.406. The lowest BCUT2D eigenvalue weighted by Gasteiger charge is -2.25. The predicted octanol–water partition coefficient (Wildman–Crippen LogP) is 2.73. The Hall–Kier alpha value is -4.10. The van der Waals surface area contributed by atoms with Gasteiger partial charge in [-0.2, -0.15) is 0 Å². The van der Waals surface area contributed by atoms with Crippen LogP contribution in [0.25, 0.3) is 0 Å². The lowest BCUT2D eigenvalue weighted by Crippen LogP contribution is -2.49. The van der Waals surface area contributed by atoms with E-state index in [0.717, 1.165) is 11.8 Å². The molecule has 13 heteroatoms. The van der Waals surface area contributed by atoms with Crippen molar-refractivity contribution in [3.05, 3.63) is 81.8 Å². The summed E-state index contributed by atoms with van der Waals surface area (Å²) in [7, 11) is -3.36. The van der Waals surface area contributed by atoms with E-state index in [1.807, 2.05) is 44.2 Å². The molecule has 0 saturated heterocycles. The first-order valence-corrected chi connectivity index (χ1v) is 17.6. The predicted molar refractivity (Wildman–Crippen MR) is 171 cm³/mol. The monoisotopic (exact) mass is 653 g/mol. The van der Waals surface area contributed by atoms with E-state index in [2.05, 4.69) is 26.3 Å². The molecule has 1 aromatic heterocycles. The van der Waals surface area contributed by atoms with Gasteiger partial charge in [0.2, 0.25) is 17.7 Å². The highest BCUT2D eigenvalue weighted by Crippen LogP contribution is 2.26. The SMILES string of the molecule is CC(C)[C@H]1NC(=O)[C@@H](NC(=O)Cc2ccc(S(C)(=O)=O)cc2)CCCCNC(=O)[C@@H](Cc2ccccc2)NC(=O)c2csc1n2. The van der Waals surface area contributed by atoms with E-state index >= 15 is 0 Å². The molecule has 2 bridgehead atoms. The maximum Gasteiger partial charge on any atom is 0.271 e. The molecule has 11 nitrogen and oxygen atoms in total. The van der Waals surface area contributed by atoms with E-state index in [1.54, 1.807) is 17.5 Å². The van der Waals surface area contributed by atoms with Crippen molar-refractivity contribution < 1.29 is 27.6 Å². The normalized spacial score (nSPS) is 20.2. The van der Waals surface area contributed by atoms with Crippen molar-refractivity contribution in [3.63, 3.8) is 0 Å². The summed E-state index contributed by atoms with van der Waals surface area (Å²) in [6.07, 6.45) is 2.80. The Morgan fingerprint density at radius 3 is 2.36 bits per heavy atom. The molecule has 2 heterocycles. The number of carbonyl (C=O) groups is 4. The third-order valence-electron chi connectivity index (χ3n) is 7.48. The molecule has 0 spiro atoms. The van der Waals surface area contributed by atoms with Crippen molar-refractivity contribution in [1.29, 1.82) is 0 Å². The van der Waals surface area contributed by atoms with E-state index in [9.17, 15) is 27.6 Å². The van der Waals surface area contributed by atoms with Gasteiger partial charge in [0.1, 0.15) is 22.8 Å². The van der Waals surface area contributed by atoms with Crippen LogP contribution in [0.5, 0.6) is 0 Å². The Kier molecular flexibility index (Phi) is 11.5. The van der Waals surface area contributed by atoms with Crippen molar-refractivity contribution in [2.45, 2.75) is 69.0 Å². The molecule has 0 radical (unpaired) electrons. The molecule has 1 aliphatic rings. The maximum atomic E-state index is 13.6.